The second-order valence-electron chi connectivity index (χ2n) is 6.29. The first-order chi connectivity index (χ1) is 10.3. The summed E-state index contributed by atoms with van der Waals surface area (Å²) in [5.41, 5.74) is 0. The highest BCUT2D eigenvalue weighted by Gasteiger charge is 2.33. The third-order valence-corrected chi connectivity index (χ3v) is 6.12. The molecule has 112 valence electrons. The minimum absolute atomic E-state index is 0.605. The maximum absolute atomic E-state index is 6.30. The summed E-state index contributed by atoms with van der Waals surface area (Å²) in [6.45, 7) is 2.04. The standard InChI is InChI=1S/C16H20ClN3S/c17-15-12-7-9-21-16(12)19-14(18-15)10-20-8-3-5-11-4-1-2-6-13(11)20/h7,9,11,13H,1-6,8,10H2. The molecule has 21 heavy (non-hydrogen) atoms. The number of thiophene rings is 1. The molecule has 2 atom stereocenters. The van der Waals surface area contributed by atoms with Crippen molar-refractivity contribution in [1.82, 2.24) is 14.9 Å². The average molecular weight is 322 g/mol. The van der Waals surface area contributed by atoms with Crippen molar-refractivity contribution in [2.45, 2.75) is 51.1 Å². The Hall–Kier alpha value is -0.710. The number of halogens is 1. The number of nitrogens with zero attached hydrogens (tertiary/aromatic N) is 3. The van der Waals surface area contributed by atoms with Crippen molar-refractivity contribution < 1.29 is 0 Å². The van der Waals surface area contributed by atoms with E-state index >= 15 is 0 Å². The lowest BCUT2D eigenvalue weighted by Crippen LogP contribution is -2.46. The smallest absolute Gasteiger partial charge is 0.145 e. The number of hydrogen-bond acceptors (Lipinski definition) is 4. The van der Waals surface area contributed by atoms with E-state index in [1.165, 1.54) is 45.1 Å². The van der Waals surface area contributed by atoms with Crippen LogP contribution in [-0.2, 0) is 6.54 Å². The minimum atomic E-state index is 0.605. The Bertz CT molecular complexity index is 639. The summed E-state index contributed by atoms with van der Waals surface area (Å²) < 4.78 is 0. The summed E-state index contributed by atoms with van der Waals surface area (Å²) >= 11 is 7.94. The molecule has 3 heterocycles. The van der Waals surface area contributed by atoms with E-state index in [1.54, 1.807) is 11.3 Å². The lowest BCUT2D eigenvalue weighted by atomic mass is 9.78. The molecule has 2 aliphatic rings. The predicted octanol–water partition coefficient (Wildman–Crippen LogP) is 4.50. The molecule has 0 radical (unpaired) electrons. The molecule has 0 aromatic carbocycles. The Morgan fingerprint density at radius 3 is 3.00 bits per heavy atom. The molecule has 2 fully saturated rings. The Morgan fingerprint density at radius 1 is 1.19 bits per heavy atom. The van der Waals surface area contributed by atoms with Gasteiger partial charge in [0.15, 0.2) is 0 Å². The van der Waals surface area contributed by atoms with Gasteiger partial charge in [0.2, 0.25) is 0 Å². The van der Waals surface area contributed by atoms with E-state index in [9.17, 15) is 0 Å². The lowest BCUT2D eigenvalue weighted by molar-refractivity contribution is 0.0528. The topological polar surface area (TPSA) is 29.0 Å². The van der Waals surface area contributed by atoms with Gasteiger partial charge in [0.05, 0.1) is 6.54 Å². The third kappa shape index (κ3) is 2.69. The van der Waals surface area contributed by atoms with E-state index in [1.807, 2.05) is 11.4 Å². The molecule has 1 saturated heterocycles. The van der Waals surface area contributed by atoms with Gasteiger partial charge >= 0.3 is 0 Å². The number of fused-ring (bicyclic) bond motifs is 2. The van der Waals surface area contributed by atoms with Crippen LogP contribution in [0.5, 0.6) is 0 Å². The molecule has 4 rings (SSSR count). The quantitative estimate of drug-likeness (QED) is 0.763. The van der Waals surface area contributed by atoms with Crippen LogP contribution in [0.2, 0.25) is 5.15 Å². The monoisotopic (exact) mass is 321 g/mol. The molecule has 5 heteroatoms. The zero-order valence-corrected chi connectivity index (χ0v) is 13.7. The molecule has 1 aliphatic carbocycles. The van der Waals surface area contributed by atoms with E-state index in [0.717, 1.165) is 34.5 Å². The SMILES string of the molecule is Clc1nc(CN2CCCC3CCCCC32)nc2sccc12. The van der Waals surface area contributed by atoms with Crippen LogP contribution in [0.25, 0.3) is 10.2 Å². The average Bonchev–Trinajstić information content (AvgIpc) is 2.97. The fourth-order valence-electron chi connectivity index (χ4n) is 4.04. The van der Waals surface area contributed by atoms with Crippen LogP contribution in [0.15, 0.2) is 11.4 Å². The second kappa shape index (κ2) is 5.82. The maximum atomic E-state index is 6.30. The van der Waals surface area contributed by atoms with E-state index in [2.05, 4.69) is 9.88 Å². The van der Waals surface area contributed by atoms with Gasteiger partial charge in [0.25, 0.3) is 0 Å². The van der Waals surface area contributed by atoms with Crippen molar-refractivity contribution in [3.63, 3.8) is 0 Å². The molecule has 0 N–H and O–H groups in total. The summed E-state index contributed by atoms with van der Waals surface area (Å²) in [5, 5.41) is 3.63. The van der Waals surface area contributed by atoms with Crippen LogP contribution < -0.4 is 0 Å². The van der Waals surface area contributed by atoms with Crippen molar-refractivity contribution in [2.75, 3.05) is 6.54 Å². The lowest BCUT2D eigenvalue weighted by Gasteiger charge is -2.43. The summed E-state index contributed by atoms with van der Waals surface area (Å²) in [7, 11) is 0. The van der Waals surface area contributed by atoms with Gasteiger partial charge in [-0.2, -0.15) is 0 Å². The van der Waals surface area contributed by atoms with Crippen LogP contribution in [0.3, 0.4) is 0 Å². The Balaban J connectivity index is 1.58. The highest BCUT2D eigenvalue weighted by Crippen LogP contribution is 2.36. The zero-order chi connectivity index (χ0) is 14.2. The molecule has 3 nitrogen and oxygen atoms in total. The van der Waals surface area contributed by atoms with Crippen molar-refractivity contribution in [1.29, 1.82) is 0 Å². The molecule has 1 aliphatic heterocycles. The van der Waals surface area contributed by atoms with Gasteiger partial charge in [-0.15, -0.1) is 11.3 Å². The third-order valence-electron chi connectivity index (χ3n) is 5.03. The van der Waals surface area contributed by atoms with Crippen molar-refractivity contribution >= 4 is 33.2 Å². The molecule has 0 amide bonds. The van der Waals surface area contributed by atoms with E-state index in [0.29, 0.717) is 5.15 Å². The van der Waals surface area contributed by atoms with Crippen molar-refractivity contribution in [3.8, 4) is 0 Å². The number of hydrogen-bond donors (Lipinski definition) is 0. The number of aromatic nitrogens is 2. The van der Waals surface area contributed by atoms with Crippen LogP contribution in [0.1, 0.15) is 44.3 Å². The van der Waals surface area contributed by atoms with Gasteiger partial charge in [-0.3, -0.25) is 4.90 Å². The first-order valence-corrected chi connectivity index (χ1v) is 9.21. The highest BCUT2D eigenvalue weighted by atomic mass is 35.5. The summed E-state index contributed by atoms with van der Waals surface area (Å²) in [6.07, 6.45) is 8.27. The second-order valence-corrected chi connectivity index (χ2v) is 7.55. The fourth-order valence-corrected chi connectivity index (χ4v) is 5.13. The highest BCUT2D eigenvalue weighted by molar-refractivity contribution is 7.16. The number of rotatable bonds is 2. The number of piperidine rings is 1. The van der Waals surface area contributed by atoms with Crippen LogP contribution in [-0.4, -0.2) is 27.5 Å². The van der Waals surface area contributed by atoms with Gasteiger partial charge < -0.3 is 0 Å². The molecule has 0 spiro atoms. The molecule has 0 bridgehead atoms. The van der Waals surface area contributed by atoms with Crippen LogP contribution >= 0.6 is 22.9 Å². The Labute approximate surface area is 134 Å². The molecular weight excluding hydrogens is 302 g/mol. The molecule has 2 aromatic rings. The van der Waals surface area contributed by atoms with Crippen LogP contribution in [0.4, 0.5) is 0 Å². The van der Waals surface area contributed by atoms with Gasteiger partial charge in [0, 0.05) is 11.4 Å². The largest absolute Gasteiger partial charge is 0.293 e. The van der Waals surface area contributed by atoms with Gasteiger partial charge in [0.1, 0.15) is 15.8 Å². The Morgan fingerprint density at radius 2 is 2.05 bits per heavy atom. The van der Waals surface area contributed by atoms with Crippen molar-refractivity contribution in [2.24, 2.45) is 5.92 Å². The summed E-state index contributed by atoms with van der Waals surface area (Å²) in [5.74, 6) is 1.79. The molecular formula is C16H20ClN3S. The van der Waals surface area contributed by atoms with Gasteiger partial charge in [-0.05, 0) is 49.6 Å². The van der Waals surface area contributed by atoms with Gasteiger partial charge in [-0.1, -0.05) is 24.4 Å². The predicted molar refractivity (Wildman–Crippen MR) is 87.8 cm³/mol. The summed E-state index contributed by atoms with van der Waals surface area (Å²) in [6, 6.07) is 2.75. The minimum Gasteiger partial charge on any atom is -0.293 e. The summed E-state index contributed by atoms with van der Waals surface area (Å²) in [4.78, 5) is 12.9. The van der Waals surface area contributed by atoms with Crippen molar-refractivity contribution in [3.05, 3.63) is 22.4 Å². The molecule has 2 aromatic heterocycles. The van der Waals surface area contributed by atoms with E-state index in [-0.39, 0.29) is 0 Å². The zero-order valence-electron chi connectivity index (χ0n) is 12.1. The fraction of sp³-hybridized carbons (Fsp3) is 0.625. The van der Waals surface area contributed by atoms with Gasteiger partial charge in [-0.25, -0.2) is 9.97 Å². The van der Waals surface area contributed by atoms with E-state index < -0.39 is 0 Å². The molecule has 1 saturated carbocycles. The molecule has 2 unspecified atom stereocenters. The maximum Gasteiger partial charge on any atom is 0.145 e. The Kier molecular flexibility index (Phi) is 3.86. The number of likely N-dealkylation sites (tertiary alicyclic amines) is 1. The van der Waals surface area contributed by atoms with E-state index in [4.69, 9.17) is 16.6 Å². The normalized spacial score (nSPS) is 26.9. The van der Waals surface area contributed by atoms with Crippen LogP contribution in [0, 0.1) is 5.92 Å². The first kappa shape index (κ1) is 13.9. The first-order valence-electron chi connectivity index (χ1n) is 7.95.